The molecule has 1 amide bonds. The number of carbonyl (C=O) groups excluding carboxylic acids is 1. The zero-order valence-corrected chi connectivity index (χ0v) is 11.0. The summed E-state index contributed by atoms with van der Waals surface area (Å²) >= 11 is 0. The third-order valence-corrected chi connectivity index (χ3v) is 3.35. The van der Waals surface area contributed by atoms with E-state index < -0.39 is 0 Å². The highest BCUT2D eigenvalue weighted by Gasteiger charge is 2.24. The summed E-state index contributed by atoms with van der Waals surface area (Å²) in [6.45, 7) is 6.52. The van der Waals surface area contributed by atoms with E-state index in [9.17, 15) is 4.79 Å². The van der Waals surface area contributed by atoms with E-state index in [1.165, 1.54) is 0 Å². The van der Waals surface area contributed by atoms with Crippen LogP contribution < -0.4 is 5.73 Å². The number of methoxy groups -OCH3 is 1. The molecule has 0 saturated carbocycles. The van der Waals surface area contributed by atoms with Crippen LogP contribution in [-0.4, -0.2) is 68.2 Å². The molecule has 0 radical (unpaired) electrons. The molecule has 1 aliphatic rings. The Balaban J connectivity index is 2.36. The van der Waals surface area contributed by atoms with Crippen LogP contribution in [0.1, 0.15) is 19.8 Å². The van der Waals surface area contributed by atoms with E-state index in [1.807, 2.05) is 4.90 Å². The molecule has 1 heterocycles. The van der Waals surface area contributed by atoms with Crippen molar-refractivity contribution >= 4 is 5.91 Å². The van der Waals surface area contributed by atoms with Crippen LogP contribution in [0, 0.1) is 0 Å². The first kappa shape index (κ1) is 14.4. The minimum atomic E-state index is 0.0898. The SMILES string of the molecule is CCCC(CN)N1CCN(C(=O)COC)CC1. The van der Waals surface area contributed by atoms with Crippen LogP contribution in [0.5, 0.6) is 0 Å². The summed E-state index contributed by atoms with van der Waals surface area (Å²) in [5.74, 6) is 0.0898. The van der Waals surface area contributed by atoms with Crippen molar-refractivity contribution in [1.82, 2.24) is 9.80 Å². The second kappa shape index (κ2) is 7.63. The van der Waals surface area contributed by atoms with Gasteiger partial charge in [0, 0.05) is 45.9 Å². The van der Waals surface area contributed by atoms with E-state index in [0.717, 1.165) is 39.0 Å². The number of nitrogens with two attached hydrogens (primary N) is 1. The maximum atomic E-state index is 11.6. The minimum absolute atomic E-state index is 0.0898. The van der Waals surface area contributed by atoms with Crippen molar-refractivity contribution in [2.45, 2.75) is 25.8 Å². The first-order valence-electron chi connectivity index (χ1n) is 6.43. The summed E-state index contributed by atoms with van der Waals surface area (Å²) < 4.78 is 4.87. The Labute approximate surface area is 104 Å². The van der Waals surface area contributed by atoms with Gasteiger partial charge < -0.3 is 15.4 Å². The average molecular weight is 243 g/mol. The molecule has 5 heteroatoms. The van der Waals surface area contributed by atoms with Crippen molar-refractivity contribution in [2.24, 2.45) is 5.73 Å². The Hall–Kier alpha value is -0.650. The van der Waals surface area contributed by atoms with Gasteiger partial charge in [0.25, 0.3) is 0 Å². The summed E-state index contributed by atoms with van der Waals surface area (Å²) in [4.78, 5) is 15.9. The van der Waals surface area contributed by atoms with Crippen molar-refractivity contribution in [2.75, 3.05) is 46.4 Å². The molecule has 1 unspecified atom stereocenters. The van der Waals surface area contributed by atoms with Crippen LogP contribution in [0.2, 0.25) is 0 Å². The predicted molar refractivity (Wildman–Crippen MR) is 67.8 cm³/mol. The van der Waals surface area contributed by atoms with Crippen molar-refractivity contribution in [3.63, 3.8) is 0 Å². The molecule has 0 aromatic carbocycles. The van der Waals surface area contributed by atoms with Gasteiger partial charge in [-0.3, -0.25) is 9.69 Å². The van der Waals surface area contributed by atoms with Crippen molar-refractivity contribution < 1.29 is 9.53 Å². The lowest BCUT2D eigenvalue weighted by molar-refractivity contribution is -0.137. The third-order valence-electron chi connectivity index (χ3n) is 3.35. The normalized spacial score (nSPS) is 19.4. The lowest BCUT2D eigenvalue weighted by Crippen LogP contribution is -2.54. The molecular weight excluding hydrogens is 218 g/mol. The fraction of sp³-hybridized carbons (Fsp3) is 0.917. The third kappa shape index (κ3) is 4.26. The zero-order chi connectivity index (χ0) is 12.7. The topological polar surface area (TPSA) is 58.8 Å². The molecule has 5 nitrogen and oxygen atoms in total. The summed E-state index contributed by atoms with van der Waals surface area (Å²) in [6.07, 6.45) is 2.30. The second-order valence-corrected chi connectivity index (χ2v) is 4.53. The van der Waals surface area contributed by atoms with Crippen molar-refractivity contribution in [1.29, 1.82) is 0 Å². The summed E-state index contributed by atoms with van der Waals surface area (Å²) in [7, 11) is 1.56. The first-order valence-corrected chi connectivity index (χ1v) is 6.43. The number of ether oxygens (including phenoxy) is 1. The van der Waals surface area contributed by atoms with Crippen LogP contribution in [0.25, 0.3) is 0 Å². The lowest BCUT2D eigenvalue weighted by atomic mass is 10.1. The smallest absolute Gasteiger partial charge is 0.248 e. The number of nitrogens with zero attached hydrogens (tertiary/aromatic N) is 2. The van der Waals surface area contributed by atoms with E-state index in [2.05, 4.69) is 11.8 Å². The van der Waals surface area contributed by atoms with E-state index in [1.54, 1.807) is 7.11 Å². The Morgan fingerprint density at radius 3 is 2.47 bits per heavy atom. The number of hydrogen-bond acceptors (Lipinski definition) is 4. The van der Waals surface area contributed by atoms with Crippen LogP contribution >= 0.6 is 0 Å². The van der Waals surface area contributed by atoms with Gasteiger partial charge in [-0.2, -0.15) is 0 Å². The standard InChI is InChI=1S/C12H25N3O2/c1-3-4-11(9-13)14-5-7-15(8-6-14)12(16)10-17-2/h11H,3-10,13H2,1-2H3. The van der Waals surface area contributed by atoms with E-state index in [-0.39, 0.29) is 12.5 Å². The number of amides is 1. The van der Waals surface area contributed by atoms with E-state index in [4.69, 9.17) is 10.5 Å². The molecule has 17 heavy (non-hydrogen) atoms. The van der Waals surface area contributed by atoms with Gasteiger partial charge in [-0.15, -0.1) is 0 Å². The Kier molecular flexibility index (Phi) is 6.47. The molecule has 1 fully saturated rings. The highest BCUT2D eigenvalue weighted by atomic mass is 16.5. The monoisotopic (exact) mass is 243 g/mol. The van der Waals surface area contributed by atoms with Gasteiger partial charge in [-0.05, 0) is 6.42 Å². The molecule has 1 saturated heterocycles. The summed E-state index contributed by atoms with van der Waals surface area (Å²) in [5.41, 5.74) is 5.79. The predicted octanol–water partition coefficient (Wildman–Crippen LogP) is -0.0956. The highest BCUT2D eigenvalue weighted by Crippen LogP contribution is 2.10. The molecule has 0 spiro atoms. The quantitative estimate of drug-likeness (QED) is 0.708. The van der Waals surface area contributed by atoms with E-state index in [0.29, 0.717) is 12.6 Å². The van der Waals surface area contributed by atoms with Crippen LogP contribution in [0.3, 0.4) is 0 Å². The molecule has 0 aliphatic carbocycles. The summed E-state index contributed by atoms with van der Waals surface area (Å²) in [6, 6.07) is 0.472. The molecule has 0 aromatic rings. The van der Waals surface area contributed by atoms with Crippen molar-refractivity contribution in [3.8, 4) is 0 Å². The first-order chi connectivity index (χ1) is 8.22. The van der Waals surface area contributed by atoms with Gasteiger partial charge >= 0.3 is 0 Å². The minimum Gasteiger partial charge on any atom is -0.375 e. The van der Waals surface area contributed by atoms with Gasteiger partial charge in [0.05, 0.1) is 0 Å². The molecule has 0 bridgehead atoms. The second-order valence-electron chi connectivity index (χ2n) is 4.53. The molecule has 0 aromatic heterocycles. The largest absolute Gasteiger partial charge is 0.375 e. The Morgan fingerprint density at radius 2 is 2.00 bits per heavy atom. The average Bonchev–Trinajstić information content (AvgIpc) is 2.36. The van der Waals surface area contributed by atoms with Crippen LogP contribution in [0.4, 0.5) is 0 Å². The fourth-order valence-electron chi connectivity index (χ4n) is 2.33. The number of piperazine rings is 1. The molecule has 1 rings (SSSR count). The molecule has 2 N–H and O–H groups in total. The molecular formula is C12H25N3O2. The maximum absolute atomic E-state index is 11.6. The maximum Gasteiger partial charge on any atom is 0.248 e. The molecule has 100 valence electrons. The Morgan fingerprint density at radius 1 is 1.35 bits per heavy atom. The molecule has 1 aliphatic heterocycles. The van der Waals surface area contributed by atoms with Gasteiger partial charge in [0.15, 0.2) is 0 Å². The van der Waals surface area contributed by atoms with Crippen LogP contribution in [-0.2, 0) is 9.53 Å². The summed E-state index contributed by atoms with van der Waals surface area (Å²) in [5, 5.41) is 0. The van der Waals surface area contributed by atoms with Crippen molar-refractivity contribution in [3.05, 3.63) is 0 Å². The fourth-order valence-corrected chi connectivity index (χ4v) is 2.33. The number of hydrogen-bond donors (Lipinski definition) is 1. The van der Waals surface area contributed by atoms with Gasteiger partial charge in [-0.25, -0.2) is 0 Å². The van der Waals surface area contributed by atoms with Crippen LogP contribution in [0.15, 0.2) is 0 Å². The molecule has 1 atom stereocenters. The number of rotatable bonds is 6. The Bertz CT molecular complexity index is 228. The highest BCUT2D eigenvalue weighted by molar-refractivity contribution is 5.77. The lowest BCUT2D eigenvalue weighted by Gasteiger charge is -2.38. The van der Waals surface area contributed by atoms with E-state index >= 15 is 0 Å². The zero-order valence-electron chi connectivity index (χ0n) is 11.0. The van der Waals surface area contributed by atoms with Gasteiger partial charge in [0.1, 0.15) is 6.61 Å². The van der Waals surface area contributed by atoms with Gasteiger partial charge in [-0.1, -0.05) is 13.3 Å². The number of carbonyl (C=O) groups is 1. The van der Waals surface area contributed by atoms with Gasteiger partial charge in [0.2, 0.25) is 5.91 Å².